The summed E-state index contributed by atoms with van der Waals surface area (Å²) in [4.78, 5) is 23.1. The lowest BCUT2D eigenvalue weighted by molar-refractivity contribution is -0.220. The molecule has 0 radical (unpaired) electrons. The fourth-order valence-corrected chi connectivity index (χ4v) is 6.72. The van der Waals surface area contributed by atoms with E-state index in [4.69, 9.17) is 18.5 Å². The van der Waals surface area contributed by atoms with E-state index < -0.39 is 63.1 Å². The number of esters is 1. The Labute approximate surface area is 359 Å². The van der Waals surface area contributed by atoms with Crippen molar-refractivity contribution < 1.29 is 58.3 Å². The number of allylic oxidation sites excluding steroid dienone is 18. The van der Waals surface area contributed by atoms with Crippen molar-refractivity contribution in [3.8, 4) is 0 Å². The van der Waals surface area contributed by atoms with Crippen LogP contribution in [0.1, 0.15) is 117 Å². The minimum atomic E-state index is -5.05. The minimum Gasteiger partial charge on any atom is -0.457 e. The van der Waals surface area contributed by atoms with Gasteiger partial charge in [-0.2, -0.15) is 0 Å². The van der Waals surface area contributed by atoms with Gasteiger partial charge in [-0.15, -0.1) is 0 Å². The smallest absolute Gasteiger partial charge is 0.457 e. The van der Waals surface area contributed by atoms with Gasteiger partial charge in [0.25, 0.3) is 0 Å². The van der Waals surface area contributed by atoms with Crippen LogP contribution < -0.4 is 0 Å². The maximum atomic E-state index is 12.8. The molecule has 0 amide bonds. The SMILES string of the molecule is CC/C=C\C/C=C\C/C=C\C/C=C\C/C=C\C/C=C\CCC(=O)OC(COCCCCCC/C=C\C/C=C\C/C=C\CC)COP(=O)(O)OC1C(O)C(O)C(O)C(O)C1O. The number of rotatable bonds is 34. The van der Waals surface area contributed by atoms with Gasteiger partial charge in [0, 0.05) is 13.0 Å². The third-order valence-corrected chi connectivity index (χ3v) is 10.1. The standard InChI is InChI=1S/C47H75O12P/c1-3-5-7-9-11-13-15-17-19-20-21-22-23-24-26-28-30-32-34-36-41(48)58-40(38-56-37-35-33-31-29-27-25-18-16-14-12-10-8-6-4-2)39-57-60(54,55)59-47-45(52)43(50)42(49)44(51)46(47)53/h5-8,11-14,17-19,21-22,24-26,30,32,40,42-47,49-53H,3-4,9-10,15-16,20,23,27-29,31,33-39H2,1-2H3,(H,54,55)/b7-5-,8-6-,13-11-,14-12-,19-17-,22-21-,25-18-,26-24-,32-30-. The molecule has 0 aromatic rings. The first-order valence-corrected chi connectivity index (χ1v) is 23.2. The van der Waals surface area contributed by atoms with Gasteiger partial charge in [-0.25, -0.2) is 4.57 Å². The summed E-state index contributed by atoms with van der Waals surface area (Å²) in [6.07, 6.45) is 38.9. The van der Waals surface area contributed by atoms with Gasteiger partial charge < -0.3 is 39.9 Å². The summed E-state index contributed by atoms with van der Waals surface area (Å²) in [7, 11) is -5.05. The number of aliphatic hydroxyl groups excluding tert-OH is 5. The zero-order valence-corrected chi connectivity index (χ0v) is 36.8. The second-order valence-electron chi connectivity index (χ2n) is 14.4. The normalized spacial score (nSPS) is 23.4. The maximum absolute atomic E-state index is 12.8. The Kier molecular flexibility index (Phi) is 33.6. The van der Waals surface area contributed by atoms with Crippen molar-refractivity contribution in [3.05, 3.63) is 109 Å². The van der Waals surface area contributed by atoms with E-state index in [9.17, 15) is 39.8 Å². The molecule has 1 aliphatic carbocycles. The van der Waals surface area contributed by atoms with Crippen LogP contribution in [-0.4, -0.2) is 98.9 Å². The first-order valence-electron chi connectivity index (χ1n) is 21.7. The van der Waals surface area contributed by atoms with E-state index in [1.165, 1.54) is 0 Å². The summed E-state index contributed by atoms with van der Waals surface area (Å²) in [6.45, 7) is 3.86. The molecule has 0 saturated heterocycles. The van der Waals surface area contributed by atoms with Gasteiger partial charge in [-0.1, -0.05) is 136 Å². The number of ether oxygens (including phenoxy) is 2. The van der Waals surface area contributed by atoms with E-state index in [0.717, 1.165) is 83.5 Å². The lowest BCUT2D eigenvalue weighted by Gasteiger charge is -2.41. The molecule has 0 aliphatic heterocycles. The van der Waals surface area contributed by atoms with Gasteiger partial charge in [-0.05, 0) is 83.5 Å². The van der Waals surface area contributed by atoms with Crippen molar-refractivity contribution in [3.63, 3.8) is 0 Å². The van der Waals surface area contributed by atoms with Crippen LogP contribution in [0.15, 0.2) is 109 Å². The molecule has 12 nitrogen and oxygen atoms in total. The Balaban J connectivity index is 2.51. The van der Waals surface area contributed by atoms with Crippen molar-refractivity contribution in [2.75, 3.05) is 19.8 Å². The zero-order chi connectivity index (χ0) is 44.1. The number of hydrogen-bond acceptors (Lipinski definition) is 11. The first kappa shape index (κ1) is 55.0. The van der Waals surface area contributed by atoms with E-state index >= 15 is 0 Å². The van der Waals surface area contributed by atoms with Crippen molar-refractivity contribution in [1.29, 1.82) is 0 Å². The number of carbonyl (C=O) groups excluding carboxylic acids is 1. The zero-order valence-electron chi connectivity index (χ0n) is 35.9. The van der Waals surface area contributed by atoms with Crippen LogP contribution in [0.2, 0.25) is 0 Å². The van der Waals surface area contributed by atoms with E-state index in [-0.39, 0.29) is 13.0 Å². The number of aliphatic hydroxyl groups is 5. The topological polar surface area (TPSA) is 192 Å². The highest BCUT2D eigenvalue weighted by atomic mass is 31.2. The van der Waals surface area contributed by atoms with Crippen LogP contribution in [0.5, 0.6) is 0 Å². The molecule has 13 heteroatoms. The van der Waals surface area contributed by atoms with E-state index in [0.29, 0.717) is 19.4 Å². The summed E-state index contributed by atoms with van der Waals surface area (Å²) in [6, 6.07) is 0. The number of carbonyl (C=O) groups is 1. The molecule has 1 saturated carbocycles. The van der Waals surface area contributed by atoms with Crippen LogP contribution in [-0.2, 0) is 27.9 Å². The Morgan fingerprint density at radius 3 is 1.40 bits per heavy atom. The second kappa shape index (κ2) is 36.6. The van der Waals surface area contributed by atoms with Crippen LogP contribution in [0.25, 0.3) is 0 Å². The highest BCUT2D eigenvalue weighted by Crippen LogP contribution is 2.47. The molecular formula is C47H75O12P. The highest BCUT2D eigenvalue weighted by Gasteiger charge is 2.51. The number of hydrogen-bond donors (Lipinski definition) is 6. The largest absolute Gasteiger partial charge is 0.472 e. The van der Waals surface area contributed by atoms with Gasteiger partial charge in [0.15, 0.2) is 0 Å². The maximum Gasteiger partial charge on any atom is 0.472 e. The van der Waals surface area contributed by atoms with Gasteiger partial charge >= 0.3 is 13.8 Å². The summed E-state index contributed by atoms with van der Waals surface area (Å²) in [5.41, 5.74) is 0. The van der Waals surface area contributed by atoms with Crippen LogP contribution in [0.3, 0.4) is 0 Å². The van der Waals surface area contributed by atoms with Crippen molar-refractivity contribution >= 4 is 13.8 Å². The Morgan fingerprint density at radius 1 is 0.533 bits per heavy atom. The summed E-state index contributed by atoms with van der Waals surface area (Å²) < 4.78 is 34.0. The molecule has 1 aliphatic rings. The summed E-state index contributed by atoms with van der Waals surface area (Å²) in [5.74, 6) is -0.573. The second-order valence-corrected chi connectivity index (χ2v) is 15.8. The fourth-order valence-electron chi connectivity index (χ4n) is 5.75. The van der Waals surface area contributed by atoms with Gasteiger partial charge in [-0.3, -0.25) is 13.8 Å². The Hall–Kier alpha value is -3.00. The molecule has 0 aromatic heterocycles. The van der Waals surface area contributed by atoms with E-state index in [1.807, 2.05) is 18.2 Å². The molecule has 0 spiro atoms. The number of phosphoric acid groups is 1. The predicted molar refractivity (Wildman–Crippen MR) is 239 cm³/mol. The third-order valence-electron chi connectivity index (χ3n) is 9.15. The van der Waals surface area contributed by atoms with Crippen LogP contribution in [0.4, 0.5) is 0 Å². The van der Waals surface area contributed by atoms with E-state index in [1.54, 1.807) is 0 Å². The predicted octanol–water partition coefficient (Wildman–Crippen LogP) is 8.52. The monoisotopic (exact) mass is 862 g/mol. The molecule has 6 unspecified atom stereocenters. The van der Waals surface area contributed by atoms with Crippen molar-refractivity contribution in [2.45, 2.75) is 159 Å². The van der Waals surface area contributed by atoms with Gasteiger partial charge in [0.1, 0.15) is 42.7 Å². The molecule has 0 bridgehead atoms. The average Bonchev–Trinajstić information content (AvgIpc) is 3.23. The molecule has 0 heterocycles. The summed E-state index contributed by atoms with van der Waals surface area (Å²) in [5, 5.41) is 50.1. The van der Waals surface area contributed by atoms with Crippen molar-refractivity contribution in [1.82, 2.24) is 0 Å². The molecule has 1 rings (SSSR count). The minimum absolute atomic E-state index is 0.0472. The van der Waals surface area contributed by atoms with Crippen LogP contribution >= 0.6 is 7.82 Å². The first-order chi connectivity index (χ1) is 29.0. The number of phosphoric ester groups is 1. The lowest BCUT2D eigenvalue weighted by atomic mass is 9.85. The fraction of sp³-hybridized carbons (Fsp3) is 0.596. The molecular weight excluding hydrogens is 787 g/mol. The molecule has 6 atom stereocenters. The van der Waals surface area contributed by atoms with E-state index in [2.05, 4.69) is 105 Å². The highest BCUT2D eigenvalue weighted by molar-refractivity contribution is 7.47. The third kappa shape index (κ3) is 28.5. The summed E-state index contributed by atoms with van der Waals surface area (Å²) >= 11 is 0. The molecule has 0 aromatic carbocycles. The Morgan fingerprint density at radius 2 is 0.933 bits per heavy atom. The lowest BCUT2D eigenvalue weighted by Crippen LogP contribution is -2.64. The quantitative estimate of drug-likeness (QED) is 0.0157. The van der Waals surface area contributed by atoms with Gasteiger partial charge in [0.05, 0.1) is 13.2 Å². The molecule has 340 valence electrons. The number of unbranched alkanes of at least 4 members (excludes halogenated alkanes) is 4. The Bertz CT molecular complexity index is 1400. The van der Waals surface area contributed by atoms with Crippen LogP contribution in [0, 0.1) is 0 Å². The van der Waals surface area contributed by atoms with Crippen molar-refractivity contribution in [2.24, 2.45) is 0 Å². The average molecular weight is 863 g/mol. The molecule has 6 N–H and O–H groups in total. The van der Waals surface area contributed by atoms with Gasteiger partial charge in [0.2, 0.25) is 0 Å². The molecule has 1 fully saturated rings. The molecule has 60 heavy (non-hydrogen) atoms.